The van der Waals surface area contributed by atoms with E-state index >= 15 is 0 Å². The summed E-state index contributed by atoms with van der Waals surface area (Å²) < 4.78 is 8.52. The monoisotopic (exact) mass is 387 g/mol. The molecule has 1 amide bonds. The Labute approximate surface area is 164 Å². The number of rotatable bonds is 9. The van der Waals surface area contributed by atoms with Crippen molar-refractivity contribution in [2.45, 2.75) is 46.6 Å². The van der Waals surface area contributed by atoms with Gasteiger partial charge in [-0.1, -0.05) is 20.8 Å². The van der Waals surface area contributed by atoms with Crippen LogP contribution in [0.4, 0.5) is 0 Å². The summed E-state index contributed by atoms with van der Waals surface area (Å²) in [4.78, 5) is 27.9. The van der Waals surface area contributed by atoms with Gasteiger partial charge in [-0.25, -0.2) is 4.68 Å². The number of nitrogens with one attached hydrogen (secondary N) is 1. The molecule has 3 rings (SSSR count). The highest BCUT2D eigenvalue weighted by atomic mass is 16.3. The number of hydrogen-bond donors (Lipinski definition) is 1. The average molecular weight is 387 g/mol. The lowest BCUT2D eigenvalue weighted by Crippen LogP contribution is -2.39. The van der Waals surface area contributed by atoms with Crippen molar-refractivity contribution >= 4 is 22.5 Å². The summed E-state index contributed by atoms with van der Waals surface area (Å²) in [5, 5.41) is 7.41. The number of fused-ring (bicyclic) bond motifs is 3. The zero-order valence-corrected chi connectivity index (χ0v) is 17.1. The van der Waals surface area contributed by atoms with Gasteiger partial charge in [0.1, 0.15) is 17.4 Å². The van der Waals surface area contributed by atoms with Gasteiger partial charge in [-0.3, -0.25) is 14.0 Å². The standard InChI is InChI=1S/C20H29N5O3/c1-5-18-22-25(14(4)19(26)21-10-8-11-23(6-2)7-3)20(27)16-13-17-15(24(16)18)9-12-28-17/h9,12-14H,5-8,10-11H2,1-4H3,(H,21,26)/t14-/m1/s1. The lowest BCUT2D eigenvalue weighted by molar-refractivity contribution is -0.124. The molecule has 152 valence electrons. The van der Waals surface area contributed by atoms with Crippen LogP contribution in [0.2, 0.25) is 0 Å². The molecule has 0 unspecified atom stereocenters. The Morgan fingerprint density at radius 2 is 2.04 bits per heavy atom. The second-order valence-corrected chi connectivity index (χ2v) is 6.90. The quantitative estimate of drug-likeness (QED) is 0.569. The van der Waals surface area contributed by atoms with Gasteiger partial charge in [0.05, 0.1) is 11.8 Å². The second kappa shape index (κ2) is 8.60. The maximum atomic E-state index is 13.0. The fraction of sp³-hybridized carbons (Fsp3) is 0.550. The number of amides is 1. The van der Waals surface area contributed by atoms with E-state index in [2.05, 4.69) is 29.2 Å². The second-order valence-electron chi connectivity index (χ2n) is 6.90. The first-order valence-electron chi connectivity index (χ1n) is 10.0. The average Bonchev–Trinajstić information content (AvgIpc) is 3.30. The largest absolute Gasteiger partial charge is 0.463 e. The first-order chi connectivity index (χ1) is 13.5. The molecular formula is C20H29N5O3. The lowest BCUT2D eigenvalue weighted by Gasteiger charge is -2.19. The van der Waals surface area contributed by atoms with Crippen LogP contribution in [0.25, 0.3) is 16.6 Å². The molecule has 1 atom stereocenters. The van der Waals surface area contributed by atoms with Crippen molar-refractivity contribution in [2.75, 3.05) is 26.2 Å². The molecule has 28 heavy (non-hydrogen) atoms. The Hall–Kier alpha value is -2.61. The maximum absolute atomic E-state index is 13.0. The summed E-state index contributed by atoms with van der Waals surface area (Å²) >= 11 is 0. The van der Waals surface area contributed by atoms with Gasteiger partial charge < -0.3 is 14.6 Å². The number of carbonyl (C=O) groups excluding carboxylic acids is 1. The minimum Gasteiger partial charge on any atom is -0.463 e. The maximum Gasteiger partial charge on any atom is 0.291 e. The number of aromatic nitrogens is 3. The van der Waals surface area contributed by atoms with Crippen LogP contribution in [-0.2, 0) is 11.2 Å². The van der Waals surface area contributed by atoms with Gasteiger partial charge in [0.25, 0.3) is 5.56 Å². The van der Waals surface area contributed by atoms with Crippen LogP contribution < -0.4 is 10.9 Å². The van der Waals surface area contributed by atoms with E-state index in [1.54, 1.807) is 19.3 Å². The first-order valence-corrected chi connectivity index (χ1v) is 10.0. The summed E-state index contributed by atoms with van der Waals surface area (Å²) in [7, 11) is 0. The van der Waals surface area contributed by atoms with Gasteiger partial charge in [0.2, 0.25) is 5.91 Å². The Bertz CT molecular complexity index is 1010. The molecule has 0 aliphatic rings. The molecular weight excluding hydrogens is 358 g/mol. The number of furan rings is 1. The predicted octanol–water partition coefficient (Wildman–Crippen LogP) is 2.21. The third-order valence-electron chi connectivity index (χ3n) is 5.24. The fourth-order valence-electron chi connectivity index (χ4n) is 3.50. The highest BCUT2D eigenvalue weighted by molar-refractivity contribution is 5.83. The molecule has 0 fully saturated rings. The summed E-state index contributed by atoms with van der Waals surface area (Å²) in [6.07, 6.45) is 3.09. The van der Waals surface area contributed by atoms with Crippen molar-refractivity contribution in [3.05, 3.63) is 34.6 Å². The number of carbonyl (C=O) groups is 1. The molecule has 0 radical (unpaired) electrons. The van der Waals surface area contributed by atoms with E-state index in [1.807, 2.05) is 17.4 Å². The normalized spacial score (nSPS) is 12.9. The molecule has 0 aliphatic carbocycles. The molecule has 3 aromatic rings. The van der Waals surface area contributed by atoms with Gasteiger partial charge in [0, 0.05) is 25.1 Å². The van der Waals surface area contributed by atoms with Crippen molar-refractivity contribution in [3.8, 4) is 0 Å². The van der Waals surface area contributed by atoms with Gasteiger partial charge in [0.15, 0.2) is 5.58 Å². The molecule has 3 heterocycles. The van der Waals surface area contributed by atoms with Crippen LogP contribution in [0.5, 0.6) is 0 Å². The zero-order chi connectivity index (χ0) is 20.3. The van der Waals surface area contributed by atoms with Crippen molar-refractivity contribution < 1.29 is 9.21 Å². The fourth-order valence-corrected chi connectivity index (χ4v) is 3.50. The van der Waals surface area contributed by atoms with Crippen molar-refractivity contribution in [1.82, 2.24) is 24.4 Å². The zero-order valence-electron chi connectivity index (χ0n) is 17.1. The minimum absolute atomic E-state index is 0.198. The van der Waals surface area contributed by atoms with E-state index in [-0.39, 0.29) is 11.5 Å². The van der Waals surface area contributed by atoms with Crippen molar-refractivity contribution in [1.29, 1.82) is 0 Å². The molecule has 0 spiro atoms. The van der Waals surface area contributed by atoms with Gasteiger partial charge >= 0.3 is 0 Å². The highest BCUT2D eigenvalue weighted by Crippen LogP contribution is 2.21. The van der Waals surface area contributed by atoms with Crippen LogP contribution in [0.15, 0.2) is 27.6 Å². The lowest BCUT2D eigenvalue weighted by atomic mass is 10.3. The third-order valence-corrected chi connectivity index (χ3v) is 5.24. The molecule has 0 saturated carbocycles. The van der Waals surface area contributed by atoms with E-state index in [9.17, 15) is 9.59 Å². The topological polar surface area (TPSA) is 84.8 Å². The summed E-state index contributed by atoms with van der Waals surface area (Å²) in [6, 6.07) is 2.85. The molecule has 0 aromatic carbocycles. The first kappa shape index (κ1) is 20.1. The van der Waals surface area contributed by atoms with Crippen LogP contribution >= 0.6 is 0 Å². The molecule has 1 N–H and O–H groups in total. The molecule has 0 bridgehead atoms. The number of hydrogen-bond acceptors (Lipinski definition) is 5. The minimum atomic E-state index is -0.683. The van der Waals surface area contributed by atoms with E-state index < -0.39 is 6.04 Å². The Kier molecular flexibility index (Phi) is 6.18. The molecule has 8 nitrogen and oxygen atoms in total. The van der Waals surface area contributed by atoms with Gasteiger partial charge in [-0.15, -0.1) is 0 Å². The Morgan fingerprint density at radius 3 is 2.71 bits per heavy atom. The van der Waals surface area contributed by atoms with E-state index in [0.717, 1.165) is 31.6 Å². The molecule has 0 aliphatic heterocycles. The summed E-state index contributed by atoms with van der Waals surface area (Å²) in [6.45, 7) is 11.5. The molecule has 8 heteroatoms. The Balaban J connectivity index is 1.79. The Morgan fingerprint density at radius 1 is 1.29 bits per heavy atom. The molecule has 3 aromatic heterocycles. The van der Waals surface area contributed by atoms with E-state index in [1.165, 1.54) is 4.68 Å². The summed E-state index contributed by atoms with van der Waals surface area (Å²) in [5.41, 5.74) is 1.63. The van der Waals surface area contributed by atoms with Gasteiger partial charge in [-0.05, 0) is 33.0 Å². The number of aryl methyl sites for hydroxylation is 1. The highest BCUT2D eigenvalue weighted by Gasteiger charge is 2.21. The van der Waals surface area contributed by atoms with E-state index in [4.69, 9.17) is 4.42 Å². The SMILES string of the molecule is CCc1nn([C@H](C)C(=O)NCCCN(CC)CC)c(=O)c2cc3occc3n12. The number of nitrogens with zero attached hydrogens (tertiary/aromatic N) is 4. The third kappa shape index (κ3) is 3.69. The van der Waals surface area contributed by atoms with Crippen LogP contribution in [-0.4, -0.2) is 51.2 Å². The van der Waals surface area contributed by atoms with Crippen molar-refractivity contribution in [2.24, 2.45) is 0 Å². The van der Waals surface area contributed by atoms with Crippen LogP contribution in [0.3, 0.4) is 0 Å². The van der Waals surface area contributed by atoms with Crippen molar-refractivity contribution in [3.63, 3.8) is 0 Å². The van der Waals surface area contributed by atoms with Crippen LogP contribution in [0.1, 0.15) is 46.0 Å². The smallest absolute Gasteiger partial charge is 0.291 e. The van der Waals surface area contributed by atoms with Crippen LogP contribution in [0, 0.1) is 0 Å². The summed E-state index contributed by atoms with van der Waals surface area (Å²) in [5.74, 6) is 0.517. The van der Waals surface area contributed by atoms with Gasteiger partial charge in [-0.2, -0.15) is 5.10 Å². The predicted molar refractivity (Wildman–Crippen MR) is 109 cm³/mol. The molecule has 0 saturated heterocycles. The van der Waals surface area contributed by atoms with E-state index in [0.29, 0.717) is 29.9 Å².